The van der Waals surface area contributed by atoms with Gasteiger partial charge in [0.2, 0.25) is 5.91 Å². The summed E-state index contributed by atoms with van der Waals surface area (Å²) in [4.78, 5) is 23.0. The predicted octanol–water partition coefficient (Wildman–Crippen LogP) is 2.41. The number of nitrogens with one attached hydrogen (secondary N) is 1. The van der Waals surface area contributed by atoms with E-state index in [2.05, 4.69) is 5.32 Å². The van der Waals surface area contributed by atoms with E-state index in [0.29, 0.717) is 12.1 Å². The van der Waals surface area contributed by atoms with Crippen LogP contribution < -0.4 is 15.8 Å². The van der Waals surface area contributed by atoms with Gasteiger partial charge in [0, 0.05) is 12.1 Å². The monoisotopic (exact) mass is 326 g/mol. The number of rotatable bonds is 6. The van der Waals surface area contributed by atoms with Gasteiger partial charge < -0.3 is 15.8 Å². The normalized spacial score (nSPS) is 10.3. The highest BCUT2D eigenvalue weighted by atomic mass is 16.5. The summed E-state index contributed by atoms with van der Waals surface area (Å²) in [5.74, 6) is 0.0909. The average Bonchev–Trinajstić information content (AvgIpc) is 2.56. The fourth-order valence-corrected chi connectivity index (χ4v) is 2.32. The van der Waals surface area contributed by atoms with Crippen molar-refractivity contribution < 1.29 is 14.3 Å². The molecule has 0 saturated carbocycles. The van der Waals surface area contributed by atoms with E-state index in [9.17, 15) is 9.59 Å². The Hall–Kier alpha value is -2.82. The molecule has 126 valence electrons. The highest BCUT2D eigenvalue weighted by molar-refractivity contribution is 5.92. The topological polar surface area (TPSA) is 81.4 Å². The van der Waals surface area contributed by atoms with Crippen molar-refractivity contribution >= 4 is 11.8 Å². The van der Waals surface area contributed by atoms with Crippen LogP contribution in [0.25, 0.3) is 0 Å². The Kier molecular flexibility index (Phi) is 5.58. The maximum atomic E-state index is 12.0. The minimum atomic E-state index is -0.470. The van der Waals surface area contributed by atoms with E-state index in [1.54, 1.807) is 24.3 Å². The van der Waals surface area contributed by atoms with Gasteiger partial charge in [-0.2, -0.15) is 0 Å². The Morgan fingerprint density at radius 2 is 1.62 bits per heavy atom. The third kappa shape index (κ3) is 4.35. The Bertz CT molecular complexity index is 752. The molecule has 0 aliphatic heterocycles. The number of amides is 2. The quantitative estimate of drug-likeness (QED) is 0.855. The first-order valence-corrected chi connectivity index (χ1v) is 7.73. The fraction of sp³-hybridized carbons (Fsp3) is 0.263. The summed E-state index contributed by atoms with van der Waals surface area (Å²) >= 11 is 0. The van der Waals surface area contributed by atoms with Crippen molar-refractivity contribution in [2.75, 3.05) is 6.61 Å². The maximum Gasteiger partial charge on any atom is 0.258 e. The molecule has 2 amide bonds. The lowest BCUT2D eigenvalue weighted by atomic mass is 10.1. The van der Waals surface area contributed by atoms with Gasteiger partial charge in [-0.3, -0.25) is 9.59 Å². The standard InChI is InChI=1S/C19H22N2O3/c1-12-4-5-13(2)18(14(12)3)24-11-17(22)21-10-15-6-8-16(9-7-15)19(20)23/h4-9H,10-11H2,1-3H3,(H2,20,23)(H,21,22). The van der Waals surface area contributed by atoms with Crippen molar-refractivity contribution in [1.29, 1.82) is 0 Å². The van der Waals surface area contributed by atoms with Crippen LogP contribution >= 0.6 is 0 Å². The van der Waals surface area contributed by atoms with Gasteiger partial charge >= 0.3 is 0 Å². The molecule has 0 atom stereocenters. The molecule has 2 aromatic rings. The number of hydrogen-bond donors (Lipinski definition) is 2. The molecule has 2 aromatic carbocycles. The summed E-state index contributed by atoms with van der Waals surface area (Å²) in [6.07, 6.45) is 0. The summed E-state index contributed by atoms with van der Waals surface area (Å²) in [5.41, 5.74) is 9.70. The molecule has 3 N–H and O–H groups in total. The Labute approximate surface area is 141 Å². The smallest absolute Gasteiger partial charge is 0.258 e. The zero-order chi connectivity index (χ0) is 17.7. The molecule has 5 nitrogen and oxygen atoms in total. The van der Waals surface area contributed by atoms with Crippen molar-refractivity contribution in [2.24, 2.45) is 5.73 Å². The predicted molar refractivity (Wildman–Crippen MR) is 93.0 cm³/mol. The van der Waals surface area contributed by atoms with Gasteiger partial charge in [0.1, 0.15) is 5.75 Å². The summed E-state index contributed by atoms with van der Waals surface area (Å²) in [6, 6.07) is 10.8. The third-order valence-corrected chi connectivity index (χ3v) is 3.95. The zero-order valence-electron chi connectivity index (χ0n) is 14.2. The first-order valence-electron chi connectivity index (χ1n) is 7.73. The van der Waals surface area contributed by atoms with Crippen LogP contribution in [0.5, 0.6) is 5.75 Å². The molecule has 0 radical (unpaired) electrons. The average molecular weight is 326 g/mol. The number of carbonyl (C=O) groups is 2. The summed E-state index contributed by atoms with van der Waals surface area (Å²) < 4.78 is 5.68. The van der Waals surface area contributed by atoms with Crippen LogP contribution in [0.4, 0.5) is 0 Å². The number of aryl methyl sites for hydroxylation is 2. The molecular formula is C19H22N2O3. The van der Waals surface area contributed by atoms with E-state index >= 15 is 0 Å². The van der Waals surface area contributed by atoms with Gasteiger partial charge in [-0.15, -0.1) is 0 Å². The molecule has 2 rings (SSSR count). The van der Waals surface area contributed by atoms with Crippen LogP contribution in [-0.4, -0.2) is 18.4 Å². The van der Waals surface area contributed by atoms with E-state index in [1.807, 2.05) is 32.9 Å². The lowest BCUT2D eigenvalue weighted by molar-refractivity contribution is -0.123. The van der Waals surface area contributed by atoms with Crippen LogP contribution in [0.3, 0.4) is 0 Å². The van der Waals surface area contributed by atoms with Gasteiger partial charge in [0.25, 0.3) is 5.91 Å². The molecule has 0 saturated heterocycles. The van der Waals surface area contributed by atoms with Crippen LogP contribution in [-0.2, 0) is 11.3 Å². The van der Waals surface area contributed by atoms with Gasteiger partial charge in [0.15, 0.2) is 6.61 Å². The molecule has 0 aromatic heterocycles. The first-order chi connectivity index (χ1) is 11.4. The maximum absolute atomic E-state index is 12.0. The molecule has 0 fully saturated rings. The number of ether oxygens (including phenoxy) is 1. The highest BCUT2D eigenvalue weighted by Crippen LogP contribution is 2.25. The molecule has 0 unspecified atom stereocenters. The highest BCUT2D eigenvalue weighted by Gasteiger charge is 2.09. The molecule has 24 heavy (non-hydrogen) atoms. The van der Waals surface area contributed by atoms with Crippen LogP contribution in [0.15, 0.2) is 36.4 Å². The van der Waals surface area contributed by atoms with Crippen molar-refractivity contribution in [3.05, 3.63) is 64.2 Å². The number of primary amides is 1. The van der Waals surface area contributed by atoms with Crippen molar-refractivity contribution in [3.63, 3.8) is 0 Å². The van der Waals surface area contributed by atoms with Crippen LogP contribution in [0, 0.1) is 20.8 Å². The van der Waals surface area contributed by atoms with Gasteiger partial charge in [-0.05, 0) is 55.2 Å². The van der Waals surface area contributed by atoms with E-state index in [-0.39, 0.29) is 12.5 Å². The molecule has 0 heterocycles. The second-order valence-corrected chi connectivity index (χ2v) is 5.78. The number of nitrogens with two attached hydrogens (primary N) is 1. The Morgan fingerprint density at radius 3 is 2.25 bits per heavy atom. The minimum Gasteiger partial charge on any atom is -0.483 e. The van der Waals surface area contributed by atoms with Crippen LogP contribution in [0.1, 0.15) is 32.6 Å². The first kappa shape index (κ1) is 17.5. The largest absolute Gasteiger partial charge is 0.483 e. The number of carbonyl (C=O) groups excluding carboxylic acids is 2. The molecular weight excluding hydrogens is 304 g/mol. The van der Waals surface area contributed by atoms with E-state index in [0.717, 1.165) is 28.0 Å². The SMILES string of the molecule is Cc1ccc(C)c(OCC(=O)NCc2ccc(C(N)=O)cc2)c1C. The summed E-state index contributed by atoms with van der Waals surface area (Å²) in [6.45, 7) is 6.28. The lowest BCUT2D eigenvalue weighted by Gasteiger charge is -2.14. The molecule has 0 spiro atoms. The van der Waals surface area contributed by atoms with E-state index in [4.69, 9.17) is 10.5 Å². The Morgan fingerprint density at radius 1 is 1.00 bits per heavy atom. The second-order valence-electron chi connectivity index (χ2n) is 5.78. The van der Waals surface area contributed by atoms with E-state index < -0.39 is 5.91 Å². The second kappa shape index (κ2) is 7.64. The summed E-state index contributed by atoms with van der Waals surface area (Å²) in [5, 5.41) is 2.79. The fourth-order valence-electron chi connectivity index (χ4n) is 2.32. The molecule has 0 aliphatic carbocycles. The minimum absolute atomic E-state index is 0.0372. The molecule has 0 aliphatic rings. The third-order valence-electron chi connectivity index (χ3n) is 3.95. The molecule has 0 bridgehead atoms. The lowest BCUT2D eigenvalue weighted by Crippen LogP contribution is -2.28. The van der Waals surface area contributed by atoms with Crippen molar-refractivity contribution in [1.82, 2.24) is 5.32 Å². The van der Waals surface area contributed by atoms with E-state index in [1.165, 1.54) is 0 Å². The number of benzene rings is 2. The van der Waals surface area contributed by atoms with Gasteiger partial charge in [-0.1, -0.05) is 24.3 Å². The van der Waals surface area contributed by atoms with Gasteiger partial charge in [-0.25, -0.2) is 0 Å². The summed E-state index contributed by atoms with van der Waals surface area (Å²) in [7, 11) is 0. The van der Waals surface area contributed by atoms with Crippen molar-refractivity contribution in [3.8, 4) is 5.75 Å². The van der Waals surface area contributed by atoms with Crippen molar-refractivity contribution in [2.45, 2.75) is 27.3 Å². The molecule has 5 heteroatoms. The number of hydrogen-bond acceptors (Lipinski definition) is 3. The Balaban J connectivity index is 1.88. The van der Waals surface area contributed by atoms with Gasteiger partial charge in [0.05, 0.1) is 0 Å². The van der Waals surface area contributed by atoms with Crippen LogP contribution in [0.2, 0.25) is 0 Å². The zero-order valence-corrected chi connectivity index (χ0v) is 14.2.